The molecule has 118 valence electrons. The van der Waals surface area contributed by atoms with Crippen molar-refractivity contribution in [1.82, 2.24) is 14.8 Å². The van der Waals surface area contributed by atoms with Gasteiger partial charge in [0.2, 0.25) is 0 Å². The van der Waals surface area contributed by atoms with Crippen molar-refractivity contribution in [2.45, 2.75) is 6.92 Å². The number of hydrogen-bond acceptors (Lipinski definition) is 5. The predicted molar refractivity (Wildman–Crippen MR) is 93.6 cm³/mol. The second kappa shape index (κ2) is 6.21. The summed E-state index contributed by atoms with van der Waals surface area (Å²) in [5.74, 6) is -0.269. The molecule has 1 amide bonds. The summed E-state index contributed by atoms with van der Waals surface area (Å²) in [4.78, 5) is 19.5. The lowest BCUT2D eigenvalue weighted by molar-refractivity contribution is 0.0948. The molecule has 0 aliphatic rings. The van der Waals surface area contributed by atoms with Crippen molar-refractivity contribution >= 4 is 34.1 Å². The summed E-state index contributed by atoms with van der Waals surface area (Å²) < 4.78 is 1.77. The molecule has 0 saturated carbocycles. The molecule has 0 fully saturated rings. The van der Waals surface area contributed by atoms with Gasteiger partial charge in [-0.25, -0.2) is 10.4 Å². The van der Waals surface area contributed by atoms with E-state index in [1.807, 2.05) is 61.8 Å². The minimum Gasteiger partial charge on any atom is -0.378 e. The van der Waals surface area contributed by atoms with Crippen LogP contribution in [0.1, 0.15) is 21.7 Å². The number of fused-ring (bicyclic) bond motifs is 1. The van der Waals surface area contributed by atoms with Gasteiger partial charge in [0.25, 0.3) is 5.91 Å². The molecule has 3 rings (SSSR count). The predicted octanol–water partition coefficient (Wildman–Crippen LogP) is 2.53. The molecular formula is C16H17N5OS. The number of anilines is 1. The lowest BCUT2D eigenvalue weighted by atomic mass is 10.2. The Hall–Kier alpha value is -2.67. The van der Waals surface area contributed by atoms with Crippen molar-refractivity contribution < 1.29 is 4.79 Å². The summed E-state index contributed by atoms with van der Waals surface area (Å²) in [5.41, 5.74) is 5.80. The minimum absolute atomic E-state index is 0.269. The van der Waals surface area contributed by atoms with E-state index in [1.54, 1.807) is 10.6 Å². The molecule has 3 aromatic rings. The van der Waals surface area contributed by atoms with Gasteiger partial charge in [0, 0.05) is 31.4 Å². The molecule has 0 spiro atoms. The molecule has 2 aromatic heterocycles. The standard InChI is InChI=1S/C16H17N5OS/c1-11-14(21-8-9-23-16(21)18-11)15(22)19-17-10-12-4-6-13(7-5-12)20(2)3/h4-10H,1-3H3,(H,19,22)/b17-10-. The van der Waals surface area contributed by atoms with Crippen molar-refractivity contribution in [3.63, 3.8) is 0 Å². The second-order valence-electron chi connectivity index (χ2n) is 5.29. The van der Waals surface area contributed by atoms with Gasteiger partial charge >= 0.3 is 0 Å². The van der Waals surface area contributed by atoms with Crippen LogP contribution in [0.4, 0.5) is 5.69 Å². The van der Waals surface area contributed by atoms with Crippen molar-refractivity contribution in [3.8, 4) is 0 Å². The Morgan fingerprint density at radius 2 is 2.09 bits per heavy atom. The molecule has 7 heteroatoms. The SMILES string of the molecule is Cc1nc2sccn2c1C(=O)N/N=C\c1ccc(N(C)C)cc1. The highest BCUT2D eigenvalue weighted by Gasteiger charge is 2.16. The first-order valence-corrected chi connectivity index (χ1v) is 7.97. The van der Waals surface area contributed by atoms with Crippen LogP contribution in [0.2, 0.25) is 0 Å². The summed E-state index contributed by atoms with van der Waals surface area (Å²) >= 11 is 1.49. The van der Waals surface area contributed by atoms with Crippen molar-refractivity contribution in [2.24, 2.45) is 5.10 Å². The van der Waals surface area contributed by atoms with Crippen LogP contribution >= 0.6 is 11.3 Å². The first kappa shape index (κ1) is 15.2. The van der Waals surface area contributed by atoms with Crippen LogP contribution in [0.5, 0.6) is 0 Å². The summed E-state index contributed by atoms with van der Waals surface area (Å²) in [5, 5.41) is 5.93. The van der Waals surface area contributed by atoms with Gasteiger partial charge < -0.3 is 4.90 Å². The largest absolute Gasteiger partial charge is 0.378 e. The smallest absolute Gasteiger partial charge is 0.290 e. The third kappa shape index (κ3) is 3.09. The Bertz CT molecular complexity index is 860. The van der Waals surface area contributed by atoms with Gasteiger partial charge in [0.1, 0.15) is 5.69 Å². The topological polar surface area (TPSA) is 62.0 Å². The van der Waals surface area contributed by atoms with Gasteiger partial charge in [-0.1, -0.05) is 12.1 Å². The maximum atomic E-state index is 12.3. The quantitative estimate of drug-likeness (QED) is 0.592. The number of hydrogen-bond donors (Lipinski definition) is 1. The molecule has 1 N–H and O–H groups in total. The van der Waals surface area contributed by atoms with Gasteiger partial charge in [-0.2, -0.15) is 5.10 Å². The Labute approximate surface area is 138 Å². The molecule has 1 aromatic carbocycles. The fourth-order valence-corrected chi connectivity index (χ4v) is 3.00. The van der Waals surface area contributed by atoms with Crippen LogP contribution in [0.3, 0.4) is 0 Å². The van der Waals surface area contributed by atoms with E-state index in [4.69, 9.17) is 0 Å². The van der Waals surface area contributed by atoms with Crippen LogP contribution < -0.4 is 10.3 Å². The number of aromatic nitrogens is 2. The van der Waals surface area contributed by atoms with Gasteiger partial charge in [0.15, 0.2) is 4.96 Å². The van der Waals surface area contributed by atoms with Crippen LogP contribution in [0.15, 0.2) is 40.9 Å². The van der Waals surface area contributed by atoms with Crippen molar-refractivity contribution in [1.29, 1.82) is 0 Å². The van der Waals surface area contributed by atoms with Crippen LogP contribution in [0, 0.1) is 6.92 Å². The Kier molecular flexibility index (Phi) is 4.12. The first-order valence-electron chi connectivity index (χ1n) is 7.09. The van der Waals surface area contributed by atoms with E-state index in [-0.39, 0.29) is 5.91 Å². The summed E-state index contributed by atoms with van der Waals surface area (Å²) in [6, 6.07) is 7.90. The van der Waals surface area contributed by atoms with E-state index in [0.717, 1.165) is 16.2 Å². The zero-order valence-corrected chi connectivity index (χ0v) is 14.0. The highest BCUT2D eigenvalue weighted by molar-refractivity contribution is 7.15. The summed E-state index contributed by atoms with van der Waals surface area (Å²) in [7, 11) is 3.98. The van der Waals surface area contributed by atoms with Crippen LogP contribution in [-0.4, -0.2) is 35.6 Å². The maximum absolute atomic E-state index is 12.3. The second-order valence-corrected chi connectivity index (χ2v) is 6.16. The molecule has 23 heavy (non-hydrogen) atoms. The van der Waals surface area contributed by atoms with E-state index in [9.17, 15) is 4.79 Å². The number of imidazole rings is 1. The third-order valence-corrected chi connectivity index (χ3v) is 4.20. The fourth-order valence-electron chi connectivity index (χ4n) is 2.24. The lowest BCUT2D eigenvalue weighted by Crippen LogP contribution is -2.20. The number of carbonyl (C=O) groups excluding carboxylic acids is 1. The normalized spacial score (nSPS) is 11.3. The Morgan fingerprint density at radius 1 is 1.35 bits per heavy atom. The molecule has 0 saturated heterocycles. The number of nitrogens with one attached hydrogen (secondary N) is 1. The highest BCUT2D eigenvalue weighted by atomic mass is 32.1. The van der Waals surface area contributed by atoms with E-state index >= 15 is 0 Å². The minimum atomic E-state index is -0.269. The molecule has 0 aliphatic carbocycles. The Balaban J connectivity index is 1.71. The first-order chi connectivity index (χ1) is 11.1. The van der Waals surface area contributed by atoms with E-state index < -0.39 is 0 Å². The molecule has 0 unspecified atom stereocenters. The van der Waals surface area contributed by atoms with E-state index in [2.05, 4.69) is 15.5 Å². The van der Waals surface area contributed by atoms with Crippen molar-refractivity contribution in [3.05, 3.63) is 52.8 Å². The van der Waals surface area contributed by atoms with Crippen LogP contribution in [0.25, 0.3) is 4.96 Å². The lowest BCUT2D eigenvalue weighted by Gasteiger charge is -2.11. The monoisotopic (exact) mass is 327 g/mol. The van der Waals surface area contributed by atoms with E-state index in [0.29, 0.717) is 11.4 Å². The zero-order valence-electron chi connectivity index (χ0n) is 13.1. The maximum Gasteiger partial charge on any atom is 0.290 e. The number of thiazole rings is 1. The molecular weight excluding hydrogens is 310 g/mol. The number of aryl methyl sites for hydroxylation is 1. The average molecular weight is 327 g/mol. The molecule has 0 bridgehead atoms. The van der Waals surface area contributed by atoms with Gasteiger partial charge in [-0.05, 0) is 24.6 Å². The summed E-state index contributed by atoms with van der Waals surface area (Å²) in [6.07, 6.45) is 3.46. The van der Waals surface area contributed by atoms with Crippen molar-refractivity contribution in [2.75, 3.05) is 19.0 Å². The molecule has 6 nitrogen and oxygen atoms in total. The zero-order chi connectivity index (χ0) is 16.4. The number of benzene rings is 1. The third-order valence-electron chi connectivity index (χ3n) is 3.44. The fraction of sp³-hybridized carbons (Fsp3) is 0.188. The van der Waals surface area contributed by atoms with Crippen LogP contribution in [-0.2, 0) is 0 Å². The number of hydrazone groups is 1. The van der Waals surface area contributed by atoms with Gasteiger partial charge in [0.05, 0.1) is 11.9 Å². The molecule has 2 heterocycles. The average Bonchev–Trinajstić information content (AvgIpc) is 3.07. The molecule has 0 aliphatic heterocycles. The van der Waals surface area contributed by atoms with Gasteiger partial charge in [-0.15, -0.1) is 11.3 Å². The number of amides is 1. The number of rotatable bonds is 4. The number of carbonyl (C=O) groups is 1. The summed E-state index contributed by atoms with van der Waals surface area (Å²) in [6.45, 7) is 1.82. The number of nitrogens with zero attached hydrogens (tertiary/aromatic N) is 4. The van der Waals surface area contributed by atoms with Gasteiger partial charge in [-0.3, -0.25) is 9.20 Å². The molecule has 0 radical (unpaired) electrons. The Morgan fingerprint density at radius 3 is 2.78 bits per heavy atom. The highest BCUT2D eigenvalue weighted by Crippen LogP contribution is 2.16. The molecule has 0 atom stereocenters. The van der Waals surface area contributed by atoms with E-state index in [1.165, 1.54) is 11.3 Å².